The molecule has 0 N–H and O–H groups in total. The van der Waals surface area contributed by atoms with Crippen molar-refractivity contribution in [2.45, 2.75) is 65.5 Å². The van der Waals surface area contributed by atoms with Crippen LogP contribution in [0.25, 0.3) is 45.1 Å². The SMILES string of the molecule is CCCCCn1c(-c2cccc(-c3nc4ccccc4n3CCCCC)n2)nc2ccccc21.[Cl-].[Cl-].[Cl-].[Nd+3]. The van der Waals surface area contributed by atoms with Gasteiger partial charge < -0.3 is 46.4 Å². The molecule has 0 bridgehead atoms. The molecule has 199 valence electrons. The maximum Gasteiger partial charge on any atom is 3.00 e. The van der Waals surface area contributed by atoms with Crippen molar-refractivity contribution in [2.75, 3.05) is 0 Å². The normalized spacial score (nSPS) is 10.4. The minimum absolute atomic E-state index is 0. The van der Waals surface area contributed by atoms with Gasteiger partial charge >= 0.3 is 40.8 Å². The van der Waals surface area contributed by atoms with Gasteiger partial charge in [-0.2, -0.15) is 0 Å². The molecule has 5 aromatic rings. The van der Waals surface area contributed by atoms with E-state index in [1.165, 1.54) is 36.7 Å². The summed E-state index contributed by atoms with van der Waals surface area (Å²) >= 11 is 0. The number of halogens is 3. The maximum absolute atomic E-state index is 5.11. The number of pyridine rings is 1. The summed E-state index contributed by atoms with van der Waals surface area (Å²) in [5.74, 6) is 1.88. The zero-order valence-electron chi connectivity index (χ0n) is 21.9. The average Bonchev–Trinajstić information content (AvgIpc) is 3.43. The Balaban J connectivity index is 0.00000180. The van der Waals surface area contributed by atoms with Crippen LogP contribution in [-0.4, -0.2) is 24.1 Å². The first-order chi connectivity index (χ1) is 16.8. The first-order valence-corrected chi connectivity index (χ1v) is 12.7. The number of nitrogens with zero attached hydrogens (tertiary/aromatic N) is 5. The molecule has 5 nitrogen and oxygen atoms in total. The minimum atomic E-state index is 0. The third-order valence-electron chi connectivity index (χ3n) is 6.49. The molecule has 3 heterocycles. The molecule has 0 aliphatic carbocycles. The number of aryl methyl sites for hydroxylation is 2. The van der Waals surface area contributed by atoms with Crippen molar-refractivity contribution < 1.29 is 78.1 Å². The Bertz CT molecular complexity index is 1310. The Labute approximate surface area is 277 Å². The Morgan fingerprint density at radius 2 is 0.947 bits per heavy atom. The van der Waals surface area contributed by atoms with Gasteiger partial charge in [0.25, 0.3) is 0 Å². The fourth-order valence-corrected chi connectivity index (χ4v) is 4.72. The summed E-state index contributed by atoms with van der Waals surface area (Å²) in [6.07, 6.45) is 7.09. The van der Waals surface area contributed by atoms with Crippen molar-refractivity contribution in [1.82, 2.24) is 24.1 Å². The van der Waals surface area contributed by atoms with Crippen molar-refractivity contribution in [3.8, 4) is 23.0 Å². The molecule has 38 heavy (non-hydrogen) atoms. The van der Waals surface area contributed by atoms with E-state index in [0.717, 1.165) is 60.0 Å². The zero-order chi connectivity index (χ0) is 23.3. The van der Waals surface area contributed by atoms with Crippen molar-refractivity contribution in [3.63, 3.8) is 0 Å². The van der Waals surface area contributed by atoms with E-state index in [0.29, 0.717) is 0 Å². The second-order valence-electron chi connectivity index (χ2n) is 8.97. The molecule has 0 unspecified atom stereocenters. The summed E-state index contributed by atoms with van der Waals surface area (Å²) in [4.78, 5) is 15.1. The van der Waals surface area contributed by atoms with E-state index < -0.39 is 0 Å². The van der Waals surface area contributed by atoms with Crippen LogP contribution in [0.5, 0.6) is 0 Å². The number of hydrogen-bond acceptors (Lipinski definition) is 3. The molecule has 0 saturated heterocycles. The van der Waals surface area contributed by atoms with Gasteiger partial charge in [0, 0.05) is 13.1 Å². The van der Waals surface area contributed by atoms with Crippen LogP contribution >= 0.6 is 0 Å². The van der Waals surface area contributed by atoms with Crippen LogP contribution in [0.2, 0.25) is 0 Å². The smallest absolute Gasteiger partial charge is 1.00 e. The van der Waals surface area contributed by atoms with Gasteiger partial charge in [0.1, 0.15) is 11.4 Å². The van der Waals surface area contributed by atoms with Gasteiger partial charge in [-0.1, -0.05) is 69.9 Å². The number of fused-ring (bicyclic) bond motifs is 2. The number of unbranched alkanes of at least 4 members (excludes halogenated alkanes) is 4. The van der Waals surface area contributed by atoms with E-state index in [1.807, 2.05) is 0 Å². The number of hydrogen-bond donors (Lipinski definition) is 0. The van der Waals surface area contributed by atoms with Crippen LogP contribution in [0.1, 0.15) is 52.4 Å². The number of imidazole rings is 2. The van der Waals surface area contributed by atoms with Crippen LogP contribution < -0.4 is 37.2 Å². The summed E-state index contributed by atoms with van der Waals surface area (Å²) in [6.45, 7) is 6.38. The first-order valence-electron chi connectivity index (χ1n) is 12.7. The third kappa shape index (κ3) is 7.48. The standard InChI is InChI=1S/C29H33N5.3ClH.Nd/c1-3-5-11-20-33-26-18-9-7-14-22(26)31-28(33)24-16-13-17-25(30-24)29-32-23-15-8-10-19-27(23)34(29)21-12-6-4-2;;;;/h7-10,13-19H,3-6,11-12,20-21H2,1-2H3;3*1H;/q;;;;+3/p-3. The van der Waals surface area contributed by atoms with Gasteiger partial charge in [-0.3, -0.25) is 0 Å². The molecule has 3 aromatic heterocycles. The van der Waals surface area contributed by atoms with Gasteiger partial charge in [0.2, 0.25) is 0 Å². The molecule has 0 saturated carbocycles. The minimum Gasteiger partial charge on any atom is -1.00 e. The van der Waals surface area contributed by atoms with Gasteiger partial charge in [0.05, 0.1) is 22.1 Å². The van der Waals surface area contributed by atoms with Crippen molar-refractivity contribution in [3.05, 3.63) is 66.7 Å². The topological polar surface area (TPSA) is 48.5 Å². The Hall–Kier alpha value is -1.25. The molecule has 9 heteroatoms. The summed E-state index contributed by atoms with van der Waals surface area (Å²) in [6, 6.07) is 23.0. The molecule has 2 aromatic carbocycles. The van der Waals surface area contributed by atoms with Crippen molar-refractivity contribution in [2.24, 2.45) is 0 Å². The molecular formula is C29H33Cl3N5Nd. The van der Waals surface area contributed by atoms with E-state index >= 15 is 0 Å². The van der Waals surface area contributed by atoms with Gasteiger partial charge in [-0.05, 0) is 49.2 Å². The quantitative estimate of drug-likeness (QED) is 0.167. The molecule has 0 spiro atoms. The molecule has 1 radical (unpaired) electrons. The predicted octanol–water partition coefficient (Wildman–Crippen LogP) is -1.49. The molecule has 0 atom stereocenters. The Morgan fingerprint density at radius 3 is 1.37 bits per heavy atom. The molecule has 5 rings (SSSR count). The van der Waals surface area contributed by atoms with Crippen LogP contribution in [0.4, 0.5) is 0 Å². The Morgan fingerprint density at radius 1 is 0.526 bits per heavy atom. The van der Waals surface area contributed by atoms with Gasteiger partial charge in [-0.15, -0.1) is 0 Å². The number of aromatic nitrogens is 5. The average molecular weight is 702 g/mol. The molecule has 0 aliphatic rings. The monoisotopic (exact) mass is 698 g/mol. The van der Waals surface area contributed by atoms with E-state index in [4.69, 9.17) is 15.0 Å². The number of para-hydroxylation sites is 4. The van der Waals surface area contributed by atoms with Crippen LogP contribution in [0, 0.1) is 40.8 Å². The third-order valence-corrected chi connectivity index (χ3v) is 6.49. The van der Waals surface area contributed by atoms with Crippen LogP contribution in [-0.2, 0) is 13.1 Å². The fourth-order valence-electron chi connectivity index (χ4n) is 4.72. The van der Waals surface area contributed by atoms with Crippen LogP contribution in [0.15, 0.2) is 66.7 Å². The van der Waals surface area contributed by atoms with Gasteiger partial charge in [0.15, 0.2) is 11.6 Å². The molecule has 0 aliphatic heterocycles. The summed E-state index contributed by atoms with van der Waals surface area (Å²) < 4.78 is 4.67. The van der Waals surface area contributed by atoms with Crippen LogP contribution in [0.3, 0.4) is 0 Å². The van der Waals surface area contributed by atoms with E-state index in [1.54, 1.807) is 0 Å². The second kappa shape index (κ2) is 16.8. The summed E-state index contributed by atoms with van der Waals surface area (Å²) in [5.41, 5.74) is 6.19. The molecule has 0 amide bonds. The fraction of sp³-hybridized carbons (Fsp3) is 0.345. The first kappa shape index (κ1) is 34.8. The summed E-state index contributed by atoms with van der Waals surface area (Å²) in [7, 11) is 0. The van der Waals surface area contributed by atoms with E-state index in [9.17, 15) is 0 Å². The van der Waals surface area contributed by atoms with E-state index in [2.05, 4.69) is 89.7 Å². The second-order valence-corrected chi connectivity index (χ2v) is 8.97. The zero-order valence-corrected chi connectivity index (χ0v) is 27.4. The largest absolute Gasteiger partial charge is 3.00 e. The van der Waals surface area contributed by atoms with Gasteiger partial charge in [-0.25, -0.2) is 15.0 Å². The summed E-state index contributed by atoms with van der Waals surface area (Å²) in [5, 5.41) is 0. The van der Waals surface area contributed by atoms with Crippen molar-refractivity contribution in [1.29, 1.82) is 0 Å². The molecule has 0 fully saturated rings. The van der Waals surface area contributed by atoms with E-state index in [-0.39, 0.29) is 78.1 Å². The molecular weight excluding hydrogens is 669 g/mol. The van der Waals surface area contributed by atoms with Crippen molar-refractivity contribution >= 4 is 22.1 Å². The number of rotatable bonds is 10. The Kier molecular flexibility index (Phi) is 15.3. The predicted molar refractivity (Wildman–Crippen MR) is 141 cm³/mol. The maximum atomic E-state index is 5.11. The number of benzene rings is 2.